The molecule has 1 heterocycles. The zero-order valence-electron chi connectivity index (χ0n) is 11.0. The number of anilines is 2. The van der Waals surface area contributed by atoms with Crippen LogP contribution in [-0.4, -0.2) is 40.9 Å². The molecule has 0 aromatic carbocycles. The number of nitrogen functional groups attached to an aromatic ring is 1. The number of nitrogens with one attached hydrogen (secondary N) is 2. The van der Waals surface area contributed by atoms with Gasteiger partial charge in [-0.3, -0.25) is 5.43 Å². The second-order valence-electron chi connectivity index (χ2n) is 4.46. The maximum absolute atomic E-state index is 10.1. The number of aryl methyl sites for hydroxylation is 1. The molecule has 18 heavy (non-hydrogen) atoms. The lowest BCUT2D eigenvalue weighted by Crippen LogP contribution is -2.35. The van der Waals surface area contributed by atoms with Crippen molar-refractivity contribution in [1.82, 2.24) is 9.97 Å². The van der Waals surface area contributed by atoms with Crippen molar-refractivity contribution in [2.45, 2.75) is 25.9 Å². The number of aliphatic hydroxyl groups is 1. The van der Waals surface area contributed by atoms with Crippen molar-refractivity contribution < 1.29 is 9.84 Å². The highest BCUT2D eigenvalue weighted by molar-refractivity contribution is 5.41. The molecule has 1 aromatic heterocycles. The highest BCUT2D eigenvalue weighted by Gasteiger charge is 2.19. The molecule has 1 rings (SSSR count). The molecule has 0 aliphatic heterocycles. The topological polar surface area (TPSA) is 105 Å². The Balaban J connectivity index is 2.59. The van der Waals surface area contributed by atoms with Gasteiger partial charge in [-0.2, -0.15) is 4.98 Å². The molecule has 1 aromatic rings. The molecule has 7 heteroatoms. The van der Waals surface area contributed by atoms with Gasteiger partial charge in [-0.15, -0.1) is 0 Å². The fraction of sp³-hybridized carbons (Fsp3) is 0.636. The Kier molecular flexibility index (Phi) is 5.26. The molecule has 0 radical (unpaired) electrons. The monoisotopic (exact) mass is 255 g/mol. The fourth-order valence-corrected chi connectivity index (χ4v) is 1.41. The van der Waals surface area contributed by atoms with Gasteiger partial charge in [0.15, 0.2) is 0 Å². The van der Waals surface area contributed by atoms with E-state index in [2.05, 4.69) is 20.7 Å². The van der Waals surface area contributed by atoms with Crippen molar-refractivity contribution in [2.24, 2.45) is 5.84 Å². The predicted octanol–water partition coefficient (Wildman–Crippen LogP) is 0.270. The summed E-state index contributed by atoms with van der Waals surface area (Å²) in [6, 6.07) is 1.78. The smallest absolute Gasteiger partial charge is 0.239 e. The van der Waals surface area contributed by atoms with Crippen LogP contribution in [0.4, 0.5) is 11.8 Å². The quantitative estimate of drug-likeness (QED) is 0.409. The Bertz CT molecular complexity index is 384. The highest BCUT2D eigenvalue weighted by atomic mass is 16.5. The van der Waals surface area contributed by atoms with Crippen LogP contribution in [0.25, 0.3) is 0 Å². The maximum Gasteiger partial charge on any atom is 0.239 e. The Labute approximate surface area is 107 Å². The molecule has 0 amide bonds. The molecule has 0 saturated heterocycles. The Morgan fingerprint density at radius 3 is 2.83 bits per heavy atom. The first-order chi connectivity index (χ1) is 8.46. The van der Waals surface area contributed by atoms with Gasteiger partial charge in [0, 0.05) is 38.4 Å². The summed E-state index contributed by atoms with van der Waals surface area (Å²) in [4.78, 5) is 8.21. The van der Waals surface area contributed by atoms with E-state index < -0.39 is 5.60 Å². The minimum absolute atomic E-state index is 0.342. The van der Waals surface area contributed by atoms with Gasteiger partial charge in [0.05, 0.1) is 5.60 Å². The molecule has 1 atom stereocenters. The number of nitrogens with zero attached hydrogens (tertiary/aromatic N) is 2. The van der Waals surface area contributed by atoms with Crippen molar-refractivity contribution in [1.29, 1.82) is 0 Å². The van der Waals surface area contributed by atoms with Crippen LogP contribution in [0.5, 0.6) is 0 Å². The molecule has 7 nitrogen and oxygen atoms in total. The highest BCUT2D eigenvalue weighted by Crippen LogP contribution is 2.13. The van der Waals surface area contributed by atoms with E-state index in [1.807, 2.05) is 6.92 Å². The second-order valence-corrected chi connectivity index (χ2v) is 4.46. The van der Waals surface area contributed by atoms with Crippen LogP contribution < -0.4 is 16.6 Å². The van der Waals surface area contributed by atoms with E-state index in [-0.39, 0.29) is 0 Å². The largest absolute Gasteiger partial charge is 0.388 e. The van der Waals surface area contributed by atoms with Crippen LogP contribution in [0.3, 0.4) is 0 Å². The molecule has 0 spiro atoms. The Morgan fingerprint density at radius 2 is 2.22 bits per heavy atom. The van der Waals surface area contributed by atoms with E-state index >= 15 is 0 Å². The van der Waals surface area contributed by atoms with Crippen LogP contribution in [0, 0.1) is 6.92 Å². The summed E-state index contributed by atoms with van der Waals surface area (Å²) in [7, 11) is 1.61. The van der Waals surface area contributed by atoms with E-state index in [9.17, 15) is 5.11 Å². The number of nitrogens with two attached hydrogens (primary N) is 1. The summed E-state index contributed by atoms with van der Waals surface area (Å²) in [6.07, 6.45) is 0.544. The number of hydrogen-bond acceptors (Lipinski definition) is 7. The average molecular weight is 255 g/mol. The van der Waals surface area contributed by atoms with Gasteiger partial charge in [0.2, 0.25) is 5.95 Å². The molecule has 1 unspecified atom stereocenters. The first kappa shape index (κ1) is 14.6. The van der Waals surface area contributed by atoms with Gasteiger partial charge >= 0.3 is 0 Å². The summed E-state index contributed by atoms with van der Waals surface area (Å²) in [6.45, 7) is 4.47. The first-order valence-corrected chi connectivity index (χ1v) is 5.74. The minimum Gasteiger partial charge on any atom is -0.388 e. The van der Waals surface area contributed by atoms with Crippen molar-refractivity contribution >= 4 is 11.8 Å². The van der Waals surface area contributed by atoms with Crippen LogP contribution in [-0.2, 0) is 4.74 Å². The van der Waals surface area contributed by atoms with Gasteiger partial charge in [-0.05, 0) is 13.8 Å². The van der Waals surface area contributed by atoms with Crippen LogP contribution in [0.2, 0.25) is 0 Å². The summed E-state index contributed by atoms with van der Waals surface area (Å²) in [5.74, 6) is 6.23. The minimum atomic E-state index is -0.856. The fourth-order valence-electron chi connectivity index (χ4n) is 1.41. The number of methoxy groups -OCH3 is 1. The molecular formula is C11H21N5O2. The summed E-state index contributed by atoms with van der Waals surface area (Å²) in [5.41, 5.74) is 2.33. The summed E-state index contributed by atoms with van der Waals surface area (Å²) in [5, 5.41) is 13.1. The van der Waals surface area contributed by atoms with Gasteiger partial charge in [0.1, 0.15) is 5.82 Å². The van der Waals surface area contributed by atoms with Crippen molar-refractivity contribution in [3.05, 3.63) is 11.8 Å². The average Bonchev–Trinajstić information content (AvgIpc) is 2.33. The predicted molar refractivity (Wildman–Crippen MR) is 70.2 cm³/mol. The summed E-state index contributed by atoms with van der Waals surface area (Å²) >= 11 is 0. The molecule has 0 fully saturated rings. The van der Waals surface area contributed by atoms with E-state index in [4.69, 9.17) is 10.6 Å². The number of ether oxygens (including phenoxy) is 1. The number of hydrogen-bond donors (Lipinski definition) is 4. The number of aromatic nitrogens is 2. The summed E-state index contributed by atoms with van der Waals surface area (Å²) < 4.78 is 4.95. The van der Waals surface area contributed by atoms with Gasteiger partial charge in [-0.1, -0.05) is 0 Å². The lowest BCUT2D eigenvalue weighted by Gasteiger charge is -2.23. The lowest BCUT2D eigenvalue weighted by atomic mass is 10.0. The number of rotatable bonds is 7. The first-order valence-electron chi connectivity index (χ1n) is 5.74. The third kappa shape index (κ3) is 4.82. The Morgan fingerprint density at radius 1 is 1.50 bits per heavy atom. The molecule has 102 valence electrons. The zero-order valence-corrected chi connectivity index (χ0v) is 11.0. The van der Waals surface area contributed by atoms with Gasteiger partial charge in [0.25, 0.3) is 0 Å². The third-order valence-electron chi connectivity index (χ3n) is 2.48. The molecular weight excluding hydrogens is 234 g/mol. The molecule has 0 aliphatic rings. The lowest BCUT2D eigenvalue weighted by molar-refractivity contribution is 0.0357. The standard InChI is InChI=1S/C11H21N5O2/c1-8-6-9(15-10(14-8)16-12)13-7-11(2,17)4-5-18-3/h6,17H,4-5,7,12H2,1-3H3,(H2,13,14,15,16). The van der Waals surface area contributed by atoms with E-state index in [0.29, 0.717) is 31.3 Å². The van der Waals surface area contributed by atoms with Gasteiger partial charge in [-0.25, -0.2) is 10.8 Å². The maximum atomic E-state index is 10.1. The molecule has 0 bridgehead atoms. The molecule has 5 N–H and O–H groups in total. The van der Waals surface area contributed by atoms with Crippen LogP contribution >= 0.6 is 0 Å². The Hall–Kier alpha value is -1.44. The normalized spacial score (nSPS) is 14.1. The van der Waals surface area contributed by atoms with Gasteiger partial charge < -0.3 is 15.2 Å². The van der Waals surface area contributed by atoms with E-state index in [1.54, 1.807) is 20.1 Å². The van der Waals surface area contributed by atoms with Crippen molar-refractivity contribution in [2.75, 3.05) is 31.0 Å². The SMILES string of the molecule is COCCC(C)(O)CNc1cc(C)nc(NN)n1. The van der Waals surface area contributed by atoms with Crippen molar-refractivity contribution in [3.8, 4) is 0 Å². The molecule has 0 aliphatic carbocycles. The van der Waals surface area contributed by atoms with Crippen LogP contribution in [0.15, 0.2) is 6.07 Å². The second kappa shape index (κ2) is 6.48. The number of hydrazine groups is 1. The zero-order chi connectivity index (χ0) is 13.6. The van der Waals surface area contributed by atoms with E-state index in [0.717, 1.165) is 5.69 Å². The van der Waals surface area contributed by atoms with Crippen LogP contribution in [0.1, 0.15) is 19.0 Å². The van der Waals surface area contributed by atoms with E-state index in [1.165, 1.54) is 0 Å². The third-order valence-corrected chi connectivity index (χ3v) is 2.48. The van der Waals surface area contributed by atoms with Crippen molar-refractivity contribution in [3.63, 3.8) is 0 Å². The molecule has 0 saturated carbocycles.